The van der Waals surface area contributed by atoms with Crippen LogP contribution in [0.5, 0.6) is 0 Å². The van der Waals surface area contributed by atoms with Crippen LogP contribution in [0.3, 0.4) is 0 Å². The van der Waals surface area contributed by atoms with Crippen molar-refractivity contribution in [2.45, 2.75) is 11.4 Å². The van der Waals surface area contributed by atoms with Crippen molar-refractivity contribution in [1.29, 1.82) is 0 Å². The monoisotopic (exact) mass is 513 g/mol. The van der Waals surface area contributed by atoms with Crippen LogP contribution in [-0.2, 0) is 15.2 Å². The van der Waals surface area contributed by atoms with Crippen molar-refractivity contribution in [2.75, 3.05) is 64.3 Å². The fraction of sp³-hybridized carbons (Fsp3) is 0.524. The minimum atomic E-state index is -1.27. The lowest BCUT2D eigenvalue weighted by Gasteiger charge is -2.56. The van der Waals surface area contributed by atoms with E-state index in [0.29, 0.717) is 63.4 Å². The first-order valence-electron chi connectivity index (χ1n) is 12.0. The normalized spacial score (nSPS) is 30.2. The quantitative estimate of drug-likeness (QED) is 0.456. The summed E-state index contributed by atoms with van der Waals surface area (Å²) in [5.41, 5.74) is -0.692. The molecule has 190 valence electrons. The summed E-state index contributed by atoms with van der Waals surface area (Å²) >= 11 is 1.37. The number of aliphatic imine (C=N–C) groups is 1. The molecular weight excluding hydrogens is 486 g/mol. The van der Waals surface area contributed by atoms with Crippen LogP contribution in [0.2, 0.25) is 0 Å². The Balaban J connectivity index is 1.56. The van der Waals surface area contributed by atoms with Gasteiger partial charge in [-0.05, 0) is 17.6 Å². The zero-order chi connectivity index (χ0) is 24.0. The molecule has 3 saturated heterocycles. The number of morpholine rings is 1. The van der Waals surface area contributed by atoms with E-state index in [-0.39, 0.29) is 0 Å². The summed E-state index contributed by atoms with van der Waals surface area (Å²) in [4.78, 5) is 24.5. The van der Waals surface area contributed by atoms with Crippen LogP contribution in [0.1, 0.15) is 11.5 Å². The minimum absolute atomic E-state index is 0.583. The molecule has 4 aliphatic heterocycles. The average molecular weight is 514 g/mol. The molecule has 2 N–H and O–H groups in total. The Bertz CT molecular complexity index is 1130. The zero-order valence-corrected chi connectivity index (χ0v) is 20.4. The van der Waals surface area contributed by atoms with Crippen LogP contribution in [0, 0.1) is 0 Å². The number of imidazole rings is 1. The number of H-pyrrole nitrogens is 1. The largest absolute Gasteiger partial charge is 0.379 e. The molecule has 0 bridgehead atoms. The maximum absolute atomic E-state index is 7.12. The zero-order valence-electron chi connectivity index (χ0n) is 19.6. The summed E-state index contributed by atoms with van der Waals surface area (Å²) in [6.07, 6.45) is 7.02. The summed E-state index contributed by atoms with van der Waals surface area (Å²) in [6.45, 7) is 6.10. The SMILES string of the molecule is C1=NCCN1C1(N2CCOCC2)N(N2CCNC2)N(c2ccsn2)OC1(c1ccon1)c1ncc[nH]1. The molecule has 7 heterocycles. The number of nitrogens with zero attached hydrogens (tertiary/aromatic N) is 9. The molecule has 3 aromatic heterocycles. The first kappa shape index (κ1) is 22.3. The van der Waals surface area contributed by atoms with Crippen LogP contribution in [0.4, 0.5) is 5.82 Å². The lowest BCUT2D eigenvalue weighted by Crippen LogP contribution is -2.79. The van der Waals surface area contributed by atoms with Crippen LogP contribution >= 0.6 is 11.5 Å². The van der Waals surface area contributed by atoms with Gasteiger partial charge in [-0.25, -0.2) is 14.8 Å². The smallest absolute Gasteiger partial charge is 0.253 e. The van der Waals surface area contributed by atoms with Crippen molar-refractivity contribution in [1.82, 2.24) is 44.7 Å². The Morgan fingerprint density at radius 2 is 2.06 bits per heavy atom. The predicted molar refractivity (Wildman–Crippen MR) is 128 cm³/mol. The van der Waals surface area contributed by atoms with Gasteiger partial charge >= 0.3 is 0 Å². The maximum atomic E-state index is 7.12. The Morgan fingerprint density at radius 1 is 1.11 bits per heavy atom. The van der Waals surface area contributed by atoms with E-state index >= 15 is 0 Å². The Hall–Kier alpha value is -2.92. The van der Waals surface area contributed by atoms with Crippen molar-refractivity contribution < 1.29 is 14.1 Å². The topological polar surface area (TPSA) is 127 Å². The highest BCUT2D eigenvalue weighted by Crippen LogP contribution is 2.55. The molecule has 0 saturated carbocycles. The first-order chi connectivity index (χ1) is 17.9. The number of hydrazine groups is 2. The van der Waals surface area contributed by atoms with Crippen molar-refractivity contribution in [3.05, 3.63) is 47.7 Å². The third-order valence-corrected chi connectivity index (χ3v) is 7.60. The van der Waals surface area contributed by atoms with Crippen molar-refractivity contribution in [2.24, 2.45) is 4.99 Å². The van der Waals surface area contributed by atoms with E-state index in [4.69, 9.17) is 19.1 Å². The van der Waals surface area contributed by atoms with Gasteiger partial charge in [0.25, 0.3) is 5.60 Å². The molecule has 36 heavy (non-hydrogen) atoms. The van der Waals surface area contributed by atoms with Gasteiger partial charge in [-0.1, -0.05) is 10.3 Å². The Labute approximate surface area is 211 Å². The molecule has 0 amide bonds. The first-order valence-corrected chi connectivity index (χ1v) is 12.8. The van der Waals surface area contributed by atoms with E-state index in [9.17, 15) is 0 Å². The summed E-state index contributed by atoms with van der Waals surface area (Å²) in [5.74, 6) is 0.247. The van der Waals surface area contributed by atoms with Gasteiger partial charge in [-0.15, -0.1) is 5.17 Å². The lowest BCUT2D eigenvalue weighted by atomic mass is 9.86. The Kier molecular flexibility index (Phi) is 5.50. The van der Waals surface area contributed by atoms with E-state index in [0.717, 1.165) is 13.1 Å². The molecule has 0 aromatic carbocycles. The van der Waals surface area contributed by atoms with E-state index < -0.39 is 11.4 Å². The fourth-order valence-corrected chi connectivity index (χ4v) is 6.13. The number of ether oxygens (including phenoxy) is 1. The van der Waals surface area contributed by atoms with E-state index in [1.54, 1.807) is 23.8 Å². The molecule has 0 aliphatic carbocycles. The molecule has 2 atom stereocenters. The molecule has 3 aromatic rings. The molecule has 15 heteroatoms. The van der Waals surface area contributed by atoms with E-state index in [1.807, 2.05) is 23.9 Å². The van der Waals surface area contributed by atoms with Crippen LogP contribution in [0.25, 0.3) is 0 Å². The summed E-state index contributed by atoms with van der Waals surface area (Å²) in [6, 6.07) is 3.79. The summed E-state index contributed by atoms with van der Waals surface area (Å²) < 4.78 is 15.9. The number of nitrogens with one attached hydrogen (secondary N) is 2. The third kappa shape index (κ3) is 3.05. The van der Waals surface area contributed by atoms with Crippen molar-refractivity contribution in [3.63, 3.8) is 0 Å². The second kappa shape index (κ2) is 8.88. The number of aromatic amines is 1. The molecule has 14 nitrogen and oxygen atoms in total. The highest BCUT2D eigenvalue weighted by atomic mass is 32.1. The molecule has 7 rings (SSSR count). The van der Waals surface area contributed by atoms with Gasteiger partial charge in [-0.2, -0.15) is 4.37 Å². The number of aromatic nitrogens is 4. The number of rotatable bonds is 6. The molecule has 3 fully saturated rings. The maximum Gasteiger partial charge on any atom is 0.253 e. The summed E-state index contributed by atoms with van der Waals surface area (Å²) in [7, 11) is 0. The lowest BCUT2D eigenvalue weighted by molar-refractivity contribution is -0.242. The van der Waals surface area contributed by atoms with Gasteiger partial charge < -0.3 is 24.5 Å². The van der Waals surface area contributed by atoms with Crippen molar-refractivity contribution >= 4 is 23.7 Å². The average Bonchev–Trinajstić information content (AvgIpc) is 3.74. The Morgan fingerprint density at radius 3 is 2.72 bits per heavy atom. The summed E-state index contributed by atoms with van der Waals surface area (Å²) in [5, 5.41) is 16.1. The van der Waals surface area contributed by atoms with Gasteiger partial charge in [0.1, 0.15) is 12.0 Å². The molecular formula is C21H27N11O3S. The van der Waals surface area contributed by atoms with Gasteiger partial charge in [0, 0.05) is 56.6 Å². The van der Waals surface area contributed by atoms with Crippen LogP contribution < -0.4 is 10.5 Å². The van der Waals surface area contributed by atoms with Gasteiger partial charge in [0.05, 0.1) is 32.8 Å². The van der Waals surface area contributed by atoms with E-state index in [1.165, 1.54) is 11.5 Å². The number of hydrogen-bond donors (Lipinski definition) is 2. The second-order valence-electron chi connectivity index (χ2n) is 8.85. The standard InChI is InChI=1S/C21H27N11O3S/c1-11-34-26-17(1)20(19-24-3-4-25-19)21(29-7-5-22-15-29,28-9-12-33-13-10-28)32(30-8-6-23-16-30)31(35-20)18-2-14-36-27-18/h1-4,11,14-15,23H,5-10,12-13,16H2,(H,24,25). The number of anilines is 1. The van der Waals surface area contributed by atoms with E-state index in [2.05, 4.69) is 44.8 Å². The predicted octanol–water partition coefficient (Wildman–Crippen LogP) is -0.126. The molecule has 0 spiro atoms. The van der Waals surface area contributed by atoms with Crippen LogP contribution in [-0.4, -0.2) is 111 Å². The van der Waals surface area contributed by atoms with Gasteiger partial charge in [0.2, 0.25) is 5.79 Å². The minimum Gasteiger partial charge on any atom is -0.379 e. The molecule has 0 radical (unpaired) electrons. The molecule has 4 aliphatic rings. The van der Waals surface area contributed by atoms with Gasteiger partial charge in [-0.3, -0.25) is 9.89 Å². The van der Waals surface area contributed by atoms with Crippen LogP contribution in [0.15, 0.2) is 45.7 Å². The third-order valence-electron chi connectivity index (χ3n) is 7.05. The molecule has 2 unspecified atom stereocenters. The second-order valence-corrected chi connectivity index (χ2v) is 9.52. The fourth-order valence-electron chi connectivity index (χ4n) is 5.65. The van der Waals surface area contributed by atoms with Crippen molar-refractivity contribution in [3.8, 4) is 0 Å². The van der Waals surface area contributed by atoms with Gasteiger partial charge in [0.15, 0.2) is 11.6 Å². The highest BCUT2D eigenvalue weighted by molar-refractivity contribution is 7.03. The highest BCUT2D eigenvalue weighted by Gasteiger charge is 2.76. The number of hydrogen-bond acceptors (Lipinski definition) is 14.